The smallest absolute Gasteiger partial charge is 0.326 e. The van der Waals surface area contributed by atoms with Crippen molar-refractivity contribution in [1.82, 2.24) is 5.32 Å². The lowest BCUT2D eigenvalue weighted by atomic mass is 9.91. The molecule has 0 saturated heterocycles. The van der Waals surface area contributed by atoms with Crippen LogP contribution in [0.2, 0.25) is 0 Å². The second-order valence-corrected chi connectivity index (χ2v) is 5.08. The highest BCUT2D eigenvalue weighted by molar-refractivity contribution is 5.87. The van der Waals surface area contributed by atoms with Gasteiger partial charge in [0, 0.05) is 6.54 Å². The molecule has 0 radical (unpaired) electrons. The largest absolute Gasteiger partial charge is 0.480 e. The topological polar surface area (TPSA) is 92.4 Å². The summed E-state index contributed by atoms with van der Waals surface area (Å²) in [7, 11) is 0. The highest BCUT2D eigenvalue weighted by Crippen LogP contribution is 2.14. The van der Waals surface area contributed by atoms with Crippen LogP contribution in [0.3, 0.4) is 0 Å². The molecule has 0 aromatic carbocycles. The molecule has 16 heavy (non-hydrogen) atoms. The highest BCUT2D eigenvalue weighted by Gasteiger charge is 2.30. The van der Waals surface area contributed by atoms with Crippen molar-refractivity contribution in [2.24, 2.45) is 17.1 Å². The molecule has 0 fully saturated rings. The Bertz CT molecular complexity index is 262. The summed E-state index contributed by atoms with van der Waals surface area (Å²) in [6.45, 7) is 7.40. The maximum atomic E-state index is 11.7. The number of carboxylic acid groups (broad SMARTS) is 1. The lowest BCUT2D eigenvalue weighted by Gasteiger charge is -2.25. The fraction of sp³-hybridized carbons (Fsp3) is 0.818. The number of carbonyl (C=O) groups is 2. The van der Waals surface area contributed by atoms with E-state index in [0.717, 1.165) is 0 Å². The van der Waals surface area contributed by atoms with Crippen LogP contribution in [0.15, 0.2) is 0 Å². The third-order valence-corrected chi connectivity index (χ3v) is 2.44. The van der Waals surface area contributed by atoms with Gasteiger partial charge in [-0.3, -0.25) is 4.79 Å². The predicted octanol–water partition coefficient (Wildman–Crippen LogP) is 0.587. The van der Waals surface area contributed by atoms with E-state index in [4.69, 9.17) is 10.8 Å². The summed E-state index contributed by atoms with van der Waals surface area (Å²) in [6, 6.07) is -0.835. The quantitative estimate of drug-likeness (QED) is 0.622. The third-order valence-electron chi connectivity index (χ3n) is 2.44. The van der Waals surface area contributed by atoms with Crippen LogP contribution in [-0.2, 0) is 9.59 Å². The van der Waals surface area contributed by atoms with Crippen molar-refractivity contribution in [2.75, 3.05) is 6.54 Å². The van der Waals surface area contributed by atoms with Gasteiger partial charge in [0.2, 0.25) is 5.91 Å². The van der Waals surface area contributed by atoms with Crippen LogP contribution >= 0.6 is 0 Å². The summed E-state index contributed by atoms with van der Waals surface area (Å²) < 4.78 is 0. The van der Waals surface area contributed by atoms with E-state index < -0.39 is 17.4 Å². The number of carbonyl (C=O) groups excluding carboxylic acids is 1. The summed E-state index contributed by atoms with van der Waals surface area (Å²) in [5.41, 5.74) is 4.72. The summed E-state index contributed by atoms with van der Waals surface area (Å²) in [4.78, 5) is 22.7. The minimum absolute atomic E-state index is 0.187. The maximum Gasteiger partial charge on any atom is 0.326 e. The van der Waals surface area contributed by atoms with E-state index in [0.29, 0.717) is 6.42 Å². The first-order valence-electron chi connectivity index (χ1n) is 5.44. The van der Waals surface area contributed by atoms with Crippen LogP contribution in [0.1, 0.15) is 34.1 Å². The Morgan fingerprint density at radius 2 is 1.88 bits per heavy atom. The van der Waals surface area contributed by atoms with E-state index in [9.17, 15) is 9.59 Å². The lowest BCUT2D eigenvalue weighted by molar-refractivity contribution is -0.143. The Labute approximate surface area is 96.4 Å². The molecule has 1 atom stereocenters. The molecule has 0 saturated carbocycles. The van der Waals surface area contributed by atoms with E-state index in [1.807, 2.05) is 13.8 Å². The lowest BCUT2D eigenvalue weighted by Crippen LogP contribution is -2.49. The second-order valence-electron chi connectivity index (χ2n) is 5.08. The van der Waals surface area contributed by atoms with Crippen LogP contribution in [0.5, 0.6) is 0 Å². The van der Waals surface area contributed by atoms with Crippen molar-refractivity contribution in [2.45, 2.75) is 40.2 Å². The Morgan fingerprint density at radius 3 is 2.19 bits per heavy atom. The predicted molar refractivity (Wildman–Crippen MR) is 61.9 cm³/mol. The van der Waals surface area contributed by atoms with Gasteiger partial charge in [-0.05, 0) is 26.2 Å². The van der Waals surface area contributed by atoms with E-state index in [-0.39, 0.29) is 18.4 Å². The Morgan fingerprint density at radius 1 is 1.38 bits per heavy atom. The summed E-state index contributed by atoms with van der Waals surface area (Å²) in [5, 5.41) is 11.5. The Hall–Kier alpha value is -1.10. The average molecular weight is 230 g/mol. The van der Waals surface area contributed by atoms with Crippen LogP contribution < -0.4 is 11.1 Å². The molecule has 0 bridgehead atoms. The Balaban J connectivity index is 4.52. The van der Waals surface area contributed by atoms with Gasteiger partial charge in [-0.25, -0.2) is 4.79 Å². The van der Waals surface area contributed by atoms with E-state index >= 15 is 0 Å². The van der Waals surface area contributed by atoms with Crippen LogP contribution in [0.25, 0.3) is 0 Å². The Kier molecular flexibility index (Phi) is 5.44. The van der Waals surface area contributed by atoms with Crippen molar-refractivity contribution >= 4 is 11.9 Å². The van der Waals surface area contributed by atoms with Crippen LogP contribution in [-0.4, -0.2) is 29.6 Å². The molecule has 4 N–H and O–H groups in total. The molecular formula is C11H22N2O3. The molecule has 0 aliphatic heterocycles. The number of hydrogen-bond donors (Lipinski definition) is 3. The zero-order valence-electron chi connectivity index (χ0n) is 10.4. The summed E-state index contributed by atoms with van der Waals surface area (Å²) in [6.07, 6.45) is 0.418. The van der Waals surface area contributed by atoms with E-state index in [1.165, 1.54) is 0 Å². The monoisotopic (exact) mass is 230 g/mol. The number of nitrogens with two attached hydrogens (primary N) is 1. The molecule has 5 nitrogen and oxygen atoms in total. The molecule has 0 heterocycles. The van der Waals surface area contributed by atoms with Gasteiger partial charge in [0.25, 0.3) is 0 Å². The molecule has 1 amide bonds. The van der Waals surface area contributed by atoms with Crippen LogP contribution in [0, 0.1) is 11.3 Å². The van der Waals surface area contributed by atoms with Crippen molar-refractivity contribution in [3.05, 3.63) is 0 Å². The fourth-order valence-electron chi connectivity index (χ4n) is 1.14. The average Bonchev–Trinajstić information content (AvgIpc) is 2.15. The fourth-order valence-corrected chi connectivity index (χ4v) is 1.14. The number of amides is 1. The van der Waals surface area contributed by atoms with Gasteiger partial charge >= 0.3 is 5.97 Å². The van der Waals surface area contributed by atoms with Crippen LogP contribution in [0.4, 0.5) is 0 Å². The van der Waals surface area contributed by atoms with E-state index in [2.05, 4.69) is 5.32 Å². The third kappa shape index (κ3) is 4.61. The van der Waals surface area contributed by atoms with Crippen molar-refractivity contribution in [1.29, 1.82) is 0 Å². The molecule has 0 aromatic heterocycles. The van der Waals surface area contributed by atoms with Gasteiger partial charge in [0.15, 0.2) is 0 Å². The van der Waals surface area contributed by atoms with Gasteiger partial charge in [-0.1, -0.05) is 13.8 Å². The number of aliphatic carboxylic acids is 1. The molecule has 1 unspecified atom stereocenters. The number of rotatable bonds is 6. The molecule has 0 spiro atoms. The van der Waals surface area contributed by atoms with Gasteiger partial charge in [-0.2, -0.15) is 0 Å². The summed E-state index contributed by atoms with van der Waals surface area (Å²) in [5.74, 6) is -1.11. The standard InChI is InChI=1S/C11H22N2O3/c1-7(2)5-8(9(14)15)13-10(16)11(3,4)6-12/h7-8H,5-6,12H2,1-4H3,(H,13,16)(H,14,15). The van der Waals surface area contributed by atoms with Crippen molar-refractivity contribution in [3.8, 4) is 0 Å². The van der Waals surface area contributed by atoms with Gasteiger partial charge < -0.3 is 16.2 Å². The molecule has 5 heteroatoms. The van der Waals surface area contributed by atoms with Gasteiger partial charge in [0.1, 0.15) is 6.04 Å². The summed E-state index contributed by atoms with van der Waals surface area (Å²) >= 11 is 0. The molecule has 94 valence electrons. The maximum absolute atomic E-state index is 11.7. The number of nitrogens with one attached hydrogen (secondary N) is 1. The van der Waals surface area contributed by atoms with Gasteiger partial charge in [0.05, 0.1) is 5.41 Å². The normalized spacial score (nSPS) is 13.6. The minimum atomic E-state index is -1.00. The second kappa shape index (κ2) is 5.84. The number of carboxylic acids is 1. The first kappa shape index (κ1) is 14.9. The first-order chi connectivity index (χ1) is 7.20. The van der Waals surface area contributed by atoms with Crippen molar-refractivity contribution < 1.29 is 14.7 Å². The first-order valence-corrected chi connectivity index (χ1v) is 5.44. The SMILES string of the molecule is CC(C)CC(NC(=O)C(C)(C)CN)C(=O)O. The highest BCUT2D eigenvalue weighted by atomic mass is 16.4. The van der Waals surface area contributed by atoms with Gasteiger partial charge in [-0.15, -0.1) is 0 Å². The minimum Gasteiger partial charge on any atom is -0.480 e. The van der Waals surface area contributed by atoms with Crippen molar-refractivity contribution in [3.63, 3.8) is 0 Å². The molecule has 0 aromatic rings. The molecule has 0 aliphatic rings. The number of hydrogen-bond acceptors (Lipinski definition) is 3. The molecular weight excluding hydrogens is 208 g/mol. The zero-order valence-corrected chi connectivity index (χ0v) is 10.4. The molecule has 0 rings (SSSR count). The zero-order chi connectivity index (χ0) is 12.9. The molecule has 0 aliphatic carbocycles. The van der Waals surface area contributed by atoms with E-state index in [1.54, 1.807) is 13.8 Å².